The van der Waals surface area contributed by atoms with Crippen molar-refractivity contribution in [2.75, 3.05) is 17.4 Å². The smallest absolute Gasteiger partial charge is 0.264 e. The Hall–Kier alpha value is -3.07. The molecule has 39 heavy (non-hydrogen) atoms. The van der Waals surface area contributed by atoms with E-state index in [2.05, 4.69) is 5.32 Å². The molecule has 0 aliphatic heterocycles. The molecule has 1 atom stereocenters. The SMILES string of the molecule is CCNC(=O)C(CC)N(Cc1c(Cl)cccc1Cl)C(=O)CN(c1ccc(C)cc1C)S(=O)(=O)c1ccccc1. The Kier molecular flexibility index (Phi) is 10.4. The molecule has 0 saturated carbocycles. The van der Waals surface area contributed by atoms with Gasteiger partial charge in [0.05, 0.1) is 10.6 Å². The Morgan fingerprint density at radius 1 is 0.923 bits per heavy atom. The number of nitrogens with one attached hydrogen (secondary N) is 1. The van der Waals surface area contributed by atoms with Crippen LogP contribution >= 0.6 is 23.2 Å². The highest BCUT2D eigenvalue weighted by molar-refractivity contribution is 7.92. The van der Waals surface area contributed by atoms with Crippen LogP contribution in [0.15, 0.2) is 71.6 Å². The molecule has 208 valence electrons. The number of halogens is 2. The molecule has 1 N–H and O–H groups in total. The van der Waals surface area contributed by atoms with Gasteiger partial charge in [0.25, 0.3) is 10.0 Å². The summed E-state index contributed by atoms with van der Waals surface area (Å²) in [6.07, 6.45) is 0.300. The van der Waals surface area contributed by atoms with Gasteiger partial charge in [0.1, 0.15) is 12.6 Å². The first kappa shape index (κ1) is 30.5. The summed E-state index contributed by atoms with van der Waals surface area (Å²) in [5, 5.41) is 3.46. The third-order valence-corrected chi connectivity index (χ3v) is 8.84. The summed E-state index contributed by atoms with van der Waals surface area (Å²) in [5.74, 6) is -0.913. The van der Waals surface area contributed by atoms with Gasteiger partial charge in [-0.05, 0) is 63.1 Å². The average molecular weight is 591 g/mol. The van der Waals surface area contributed by atoms with Gasteiger partial charge in [-0.3, -0.25) is 13.9 Å². The Balaban J connectivity index is 2.12. The fourth-order valence-electron chi connectivity index (χ4n) is 4.38. The second-order valence-corrected chi connectivity index (χ2v) is 11.8. The summed E-state index contributed by atoms with van der Waals surface area (Å²) in [6.45, 7) is 7.06. The van der Waals surface area contributed by atoms with Crippen LogP contribution in [0.5, 0.6) is 0 Å². The molecule has 3 aromatic rings. The summed E-state index contributed by atoms with van der Waals surface area (Å²) < 4.78 is 28.9. The normalized spacial score (nSPS) is 12.1. The van der Waals surface area contributed by atoms with Gasteiger partial charge in [0, 0.05) is 28.7 Å². The van der Waals surface area contributed by atoms with E-state index in [0.29, 0.717) is 39.8 Å². The van der Waals surface area contributed by atoms with Crippen LogP contribution in [0, 0.1) is 13.8 Å². The van der Waals surface area contributed by atoms with E-state index in [1.165, 1.54) is 17.0 Å². The number of anilines is 1. The molecular formula is C29H33Cl2N3O4S. The van der Waals surface area contributed by atoms with Crippen molar-refractivity contribution in [1.29, 1.82) is 0 Å². The fraction of sp³-hybridized carbons (Fsp3) is 0.310. The zero-order valence-electron chi connectivity index (χ0n) is 22.4. The minimum atomic E-state index is -4.14. The van der Waals surface area contributed by atoms with Gasteiger partial charge in [0.2, 0.25) is 11.8 Å². The molecule has 10 heteroatoms. The van der Waals surface area contributed by atoms with Crippen LogP contribution < -0.4 is 9.62 Å². The third-order valence-electron chi connectivity index (χ3n) is 6.36. The molecule has 0 radical (unpaired) electrons. The second kappa shape index (κ2) is 13.3. The van der Waals surface area contributed by atoms with Crippen molar-refractivity contribution in [1.82, 2.24) is 10.2 Å². The number of carbonyl (C=O) groups excluding carboxylic acids is 2. The lowest BCUT2D eigenvalue weighted by molar-refractivity contribution is -0.140. The zero-order valence-corrected chi connectivity index (χ0v) is 24.8. The van der Waals surface area contributed by atoms with Crippen LogP contribution in [0.3, 0.4) is 0 Å². The van der Waals surface area contributed by atoms with Crippen molar-refractivity contribution in [2.24, 2.45) is 0 Å². The number of rotatable bonds is 11. The van der Waals surface area contributed by atoms with E-state index in [1.807, 2.05) is 13.0 Å². The van der Waals surface area contributed by atoms with Gasteiger partial charge in [-0.1, -0.05) is 72.1 Å². The number of hydrogen-bond donors (Lipinski definition) is 1. The molecule has 0 saturated heterocycles. The maximum absolute atomic E-state index is 14.1. The molecule has 0 fully saturated rings. The number of amides is 2. The zero-order chi connectivity index (χ0) is 28.7. The minimum Gasteiger partial charge on any atom is -0.355 e. The molecular weight excluding hydrogens is 557 g/mol. The van der Waals surface area contributed by atoms with Crippen molar-refractivity contribution >= 4 is 50.7 Å². The molecule has 0 bridgehead atoms. The van der Waals surface area contributed by atoms with Gasteiger partial charge < -0.3 is 10.2 Å². The van der Waals surface area contributed by atoms with Gasteiger partial charge in [0.15, 0.2) is 0 Å². The number of sulfonamides is 1. The quantitative estimate of drug-likeness (QED) is 0.308. The van der Waals surface area contributed by atoms with Crippen LogP contribution in [0.1, 0.15) is 37.0 Å². The number of hydrogen-bond acceptors (Lipinski definition) is 4. The number of carbonyl (C=O) groups is 2. The summed E-state index contributed by atoms with van der Waals surface area (Å²) in [5.41, 5.74) is 2.50. The highest BCUT2D eigenvalue weighted by atomic mass is 35.5. The molecule has 0 aliphatic rings. The fourth-order valence-corrected chi connectivity index (χ4v) is 6.40. The Bertz CT molecular complexity index is 1410. The molecule has 0 aromatic heterocycles. The van der Waals surface area contributed by atoms with Gasteiger partial charge in [-0.15, -0.1) is 0 Å². The largest absolute Gasteiger partial charge is 0.355 e. The van der Waals surface area contributed by atoms with E-state index in [0.717, 1.165) is 9.87 Å². The van der Waals surface area contributed by atoms with Crippen LogP contribution in [-0.2, 0) is 26.2 Å². The summed E-state index contributed by atoms with van der Waals surface area (Å²) in [4.78, 5) is 28.5. The minimum absolute atomic E-state index is 0.0502. The van der Waals surface area contributed by atoms with Crippen LogP contribution in [0.2, 0.25) is 10.0 Å². The number of nitrogens with zero attached hydrogens (tertiary/aromatic N) is 2. The molecule has 2 amide bonds. The number of benzene rings is 3. The second-order valence-electron chi connectivity index (χ2n) is 9.16. The van der Waals surface area contributed by atoms with Crippen molar-refractivity contribution in [3.8, 4) is 0 Å². The monoisotopic (exact) mass is 589 g/mol. The molecule has 0 spiro atoms. The van der Waals surface area contributed by atoms with Crippen LogP contribution in [-0.4, -0.2) is 44.3 Å². The number of aryl methyl sites for hydroxylation is 2. The third kappa shape index (κ3) is 7.12. The van der Waals surface area contributed by atoms with E-state index < -0.39 is 28.5 Å². The Labute approximate surface area is 240 Å². The lowest BCUT2D eigenvalue weighted by Crippen LogP contribution is -2.52. The lowest BCUT2D eigenvalue weighted by Gasteiger charge is -2.34. The topological polar surface area (TPSA) is 86.8 Å². The maximum atomic E-state index is 14.1. The van der Waals surface area contributed by atoms with E-state index >= 15 is 0 Å². The van der Waals surface area contributed by atoms with Crippen molar-refractivity contribution in [2.45, 2.75) is 51.6 Å². The first-order chi connectivity index (χ1) is 18.5. The average Bonchev–Trinajstić information content (AvgIpc) is 2.89. The van der Waals surface area contributed by atoms with Gasteiger partial charge in [-0.25, -0.2) is 8.42 Å². The predicted octanol–water partition coefficient (Wildman–Crippen LogP) is 5.75. The van der Waals surface area contributed by atoms with Crippen molar-refractivity contribution < 1.29 is 18.0 Å². The van der Waals surface area contributed by atoms with E-state index in [1.54, 1.807) is 69.3 Å². The summed E-state index contributed by atoms with van der Waals surface area (Å²) >= 11 is 12.9. The Morgan fingerprint density at radius 3 is 2.13 bits per heavy atom. The van der Waals surface area contributed by atoms with E-state index in [-0.39, 0.29) is 17.3 Å². The predicted molar refractivity (Wildman–Crippen MR) is 157 cm³/mol. The summed E-state index contributed by atoms with van der Waals surface area (Å²) in [6, 6.07) is 17.4. The standard InChI is InChI=1S/C29H33Cl2N3O4S/c1-5-26(29(36)32-6-2)33(18-23-24(30)13-10-14-25(23)31)28(35)19-34(27-16-15-20(3)17-21(27)4)39(37,38)22-11-8-7-9-12-22/h7-17,26H,5-6,18-19H2,1-4H3,(H,32,36). The maximum Gasteiger partial charge on any atom is 0.264 e. The van der Waals surface area contributed by atoms with Crippen LogP contribution in [0.4, 0.5) is 5.69 Å². The first-order valence-corrected chi connectivity index (χ1v) is 14.9. The molecule has 3 rings (SSSR count). The number of likely N-dealkylation sites (N-methyl/N-ethyl adjacent to an activating group) is 1. The van der Waals surface area contributed by atoms with E-state index in [9.17, 15) is 18.0 Å². The lowest BCUT2D eigenvalue weighted by atomic mass is 10.1. The summed E-state index contributed by atoms with van der Waals surface area (Å²) in [7, 11) is -4.14. The van der Waals surface area contributed by atoms with E-state index in [4.69, 9.17) is 23.2 Å². The Morgan fingerprint density at radius 2 is 1.56 bits per heavy atom. The van der Waals surface area contributed by atoms with Crippen molar-refractivity contribution in [3.05, 3.63) is 93.5 Å². The molecule has 0 aliphatic carbocycles. The first-order valence-electron chi connectivity index (χ1n) is 12.7. The molecule has 0 heterocycles. The highest BCUT2D eigenvalue weighted by Crippen LogP contribution is 2.30. The van der Waals surface area contributed by atoms with Crippen LogP contribution in [0.25, 0.3) is 0 Å². The molecule has 3 aromatic carbocycles. The highest BCUT2D eigenvalue weighted by Gasteiger charge is 2.34. The molecule has 7 nitrogen and oxygen atoms in total. The van der Waals surface area contributed by atoms with Crippen molar-refractivity contribution in [3.63, 3.8) is 0 Å². The van der Waals surface area contributed by atoms with Gasteiger partial charge >= 0.3 is 0 Å². The molecule has 1 unspecified atom stereocenters. The van der Waals surface area contributed by atoms with Gasteiger partial charge in [-0.2, -0.15) is 0 Å².